The molecule has 2 aromatic rings. The van der Waals surface area contributed by atoms with Gasteiger partial charge < -0.3 is 0 Å². The van der Waals surface area contributed by atoms with Crippen LogP contribution < -0.4 is 0 Å². The Kier molecular flexibility index (Phi) is 6.38. The Hall–Kier alpha value is -1.24. The number of aryl methyl sites for hydroxylation is 1. The number of allylic oxidation sites excluding steroid dienone is 5. The zero-order valence-corrected chi connectivity index (χ0v) is 23.0. The Morgan fingerprint density at radius 2 is 1.53 bits per heavy atom. The van der Waals surface area contributed by atoms with E-state index in [4.69, 9.17) is 0 Å². The monoisotopic (exact) mass is 488 g/mol. The predicted octanol–water partition coefficient (Wildman–Crippen LogP) is 8.08. The summed E-state index contributed by atoms with van der Waals surface area (Å²) < 4.78 is 1.48. The van der Waals surface area contributed by atoms with Crippen LogP contribution in [0.1, 0.15) is 60.5 Å². The van der Waals surface area contributed by atoms with Crippen LogP contribution in [0.4, 0.5) is 0 Å². The topological polar surface area (TPSA) is 0 Å². The summed E-state index contributed by atoms with van der Waals surface area (Å²) in [5.74, 6) is 0. The van der Waals surface area contributed by atoms with Gasteiger partial charge in [0.15, 0.2) is 0 Å². The van der Waals surface area contributed by atoms with Gasteiger partial charge in [-0.2, -0.15) is 0 Å². The molecule has 0 saturated carbocycles. The van der Waals surface area contributed by atoms with Crippen LogP contribution >= 0.6 is 0 Å². The molecule has 0 heterocycles. The van der Waals surface area contributed by atoms with Crippen LogP contribution in [0.25, 0.3) is 5.57 Å². The fraction of sp³-hybridized carbons (Fsp3) is 0.357. The maximum atomic E-state index is 2.70. The molecular weight excluding hydrogens is 456 g/mol. The maximum absolute atomic E-state index is 2.70. The molecule has 0 bridgehead atoms. The van der Waals surface area contributed by atoms with Crippen molar-refractivity contribution in [1.29, 1.82) is 0 Å². The third-order valence-electron chi connectivity index (χ3n) is 7.40. The molecule has 30 heavy (non-hydrogen) atoms. The number of hydrogen-bond acceptors (Lipinski definition) is 0. The second-order valence-corrected chi connectivity index (χ2v) is 27.2. The van der Waals surface area contributed by atoms with Crippen molar-refractivity contribution in [1.82, 2.24) is 0 Å². The van der Waals surface area contributed by atoms with Crippen molar-refractivity contribution in [3.8, 4) is 0 Å². The van der Waals surface area contributed by atoms with E-state index in [1.165, 1.54) is 22.3 Å². The fourth-order valence-electron chi connectivity index (χ4n) is 5.42. The van der Waals surface area contributed by atoms with Gasteiger partial charge in [-0.25, -0.2) is 0 Å². The first-order valence-electron chi connectivity index (χ1n) is 11.3. The van der Waals surface area contributed by atoms with E-state index < -0.39 is 20.4 Å². The van der Waals surface area contributed by atoms with E-state index in [-0.39, 0.29) is 5.43 Å². The van der Waals surface area contributed by atoms with Gasteiger partial charge in [-0.05, 0) is 0 Å². The van der Waals surface area contributed by atoms with E-state index in [9.17, 15) is 0 Å². The van der Waals surface area contributed by atoms with Gasteiger partial charge in [-0.1, -0.05) is 0 Å². The molecule has 0 fully saturated rings. The second kappa shape index (κ2) is 8.71. The molecule has 2 heteroatoms. The van der Waals surface area contributed by atoms with Gasteiger partial charge >= 0.3 is 192 Å². The van der Waals surface area contributed by atoms with Crippen LogP contribution in [0.15, 0.2) is 76.9 Å². The summed E-state index contributed by atoms with van der Waals surface area (Å²) in [4.78, 5) is 0. The number of fused-ring (bicyclic) bond motifs is 1. The van der Waals surface area contributed by atoms with E-state index in [1.807, 2.05) is 0 Å². The van der Waals surface area contributed by atoms with Gasteiger partial charge in [-0.3, -0.25) is 0 Å². The summed E-state index contributed by atoms with van der Waals surface area (Å²) in [6.07, 6.45) is 3.80. The average molecular weight is 490 g/mol. The zero-order chi connectivity index (χ0) is 21.6. The van der Waals surface area contributed by atoms with Gasteiger partial charge in [0.2, 0.25) is 0 Å². The van der Waals surface area contributed by atoms with Crippen molar-refractivity contribution in [2.45, 2.75) is 61.4 Å². The second-order valence-electron chi connectivity index (χ2n) is 9.20. The zero-order valence-electron chi connectivity index (χ0n) is 19.6. The summed E-state index contributed by atoms with van der Waals surface area (Å²) in [5.41, 5.74) is 13.7. The molecule has 154 valence electrons. The van der Waals surface area contributed by atoms with Crippen LogP contribution in [0, 0.1) is 0 Å². The summed E-state index contributed by atoms with van der Waals surface area (Å²) >= 11 is -1.86. The quantitative estimate of drug-likeness (QED) is 0.381. The van der Waals surface area contributed by atoms with E-state index >= 15 is 0 Å². The van der Waals surface area contributed by atoms with Crippen molar-refractivity contribution in [2.75, 3.05) is 0 Å². The molecule has 0 spiro atoms. The molecule has 0 aromatic heterocycles. The van der Waals surface area contributed by atoms with Crippen LogP contribution in [0.5, 0.6) is 0 Å². The molecule has 1 unspecified atom stereocenters. The molecule has 0 nitrogen and oxygen atoms in total. The molecule has 0 aliphatic heterocycles. The molecular formula is C28H34SiZr. The van der Waals surface area contributed by atoms with Gasteiger partial charge in [0.05, 0.1) is 0 Å². The molecule has 2 aliphatic rings. The van der Waals surface area contributed by atoms with Crippen molar-refractivity contribution >= 4 is 11.0 Å². The van der Waals surface area contributed by atoms with Crippen LogP contribution in [0.2, 0.25) is 16.7 Å². The fourth-order valence-corrected chi connectivity index (χ4v) is 26.0. The van der Waals surface area contributed by atoms with Gasteiger partial charge in [0, 0.05) is 0 Å². The Labute approximate surface area is 191 Å². The van der Waals surface area contributed by atoms with Crippen molar-refractivity contribution in [2.24, 2.45) is 0 Å². The summed E-state index contributed by atoms with van der Waals surface area (Å²) in [5, 5.41) is 0. The molecule has 1 atom stereocenters. The Morgan fingerprint density at radius 3 is 2.17 bits per heavy atom. The minimum absolute atomic E-state index is 0.325. The van der Waals surface area contributed by atoms with Crippen LogP contribution in [0.3, 0.4) is 0 Å². The van der Waals surface area contributed by atoms with Gasteiger partial charge in [-0.15, -0.1) is 0 Å². The molecule has 0 radical (unpaired) electrons. The number of rotatable bonds is 4. The van der Waals surface area contributed by atoms with Gasteiger partial charge in [0.25, 0.3) is 0 Å². The third kappa shape index (κ3) is 3.65. The molecule has 0 N–H and O–H groups in total. The Balaban J connectivity index is 1.89. The predicted molar refractivity (Wildman–Crippen MR) is 130 cm³/mol. The Morgan fingerprint density at radius 1 is 0.867 bits per heavy atom. The third-order valence-corrected chi connectivity index (χ3v) is 27.1. The van der Waals surface area contributed by atoms with Crippen LogP contribution in [-0.2, 0) is 26.8 Å². The minimum atomic E-state index is -1.86. The van der Waals surface area contributed by atoms with Crippen LogP contribution in [-0.4, -0.2) is 5.43 Å². The van der Waals surface area contributed by atoms with Crippen molar-refractivity contribution in [3.05, 3.63) is 99.2 Å². The van der Waals surface area contributed by atoms with E-state index in [0.717, 1.165) is 10.0 Å². The SMILES string of the molecule is CCc1cccc(C2=C[CH]([Zr]([CH]3C(C)=C(C)C(C)=C3C)=[Si](C)C)c3ccccc32)c1. The van der Waals surface area contributed by atoms with Crippen molar-refractivity contribution < 1.29 is 20.4 Å². The Bertz CT molecular complexity index is 1110. The van der Waals surface area contributed by atoms with E-state index in [0.29, 0.717) is 3.63 Å². The molecule has 4 rings (SSSR count). The standard InChI is InChI=1S/C17H15.C9H13.C2H6Si.Zr/c1-2-13-6-5-8-15(12-13)17-11-10-14-7-3-4-9-16(14)17;1-6-5-7(2)9(4)8(6)3;1-3-2;/h3-12H,2H2,1H3;5H,1-4H3;1-2H3;. The number of benzene rings is 2. The summed E-state index contributed by atoms with van der Waals surface area (Å²) in [7, 11) is 0. The first-order chi connectivity index (χ1) is 14.3. The molecule has 0 saturated heterocycles. The van der Waals surface area contributed by atoms with Crippen molar-refractivity contribution in [3.63, 3.8) is 0 Å². The molecule has 0 amide bonds. The first-order valence-corrected chi connectivity index (χ1v) is 20.3. The summed E-state index contributed by atoms with van der Waals surface area (Å²) in [6, 6.07) is 18.5. The molecule has 2 aromatic carbocycles. The first kappa shape index (κ1) is 22.0. The van der Waals surface area contributed by atoms with E-state index in [1.54, 1.807) is 27.9 Å². The average Bonchev–Trinajstić information content (AvgIpc) is 3.22. The molecule has 2 aliphatic carbocycles. The van der Waals surface area contributed by atoms with E-state index in [2.05, 4.69) is 102 Å². The summed E-state index contributed by atoms with van der Waals surface area (Å²) in [6.45, 7) is 17.0. The number of hydrogen-bond donors (Lipinski definition) is 0. The van der Waals surface area contributed by atoms with Gasteiger partial charge in [0.1, 0.15) is 0 Å². The normalized spacial score (nSPS) is 18.8.